The summed E-state index contributed by atoms with van der Waals surface area (Å²) in [5.74, 6) is 5.54. The molecule has 0 bridgehead atoms. The second-order valence-corrected chi connectivity index (χ2v) is 4.63. The summed E-state index contributed by atoms with van der Waals surface area (Å²) in [7, 11) is 0. The van der Waals surface area contributed by atoms with Crippen LogP contribution in [-0.2, 0) is 0 Å². The van der Waals surface area contributed by atoms with Gasteiger partial charge in [-0.3, -0.25) is 0 Å². The van der Waals surface area contributed by atoms with Gasteiger partial charge in [0.1, 0.15) is 6.61 Å². The molecular formula is C11H8OS2. The maximum Gasteiger partial charge on any atom is 0.104 e. The molecule has 0 aliphatic rings. The van der Waals surface area contributed by atoms with E-state index in [1.807, 2.05) is 12.1 Å². The molecule has 1 nitrogen and oxygen atoms in total. The van der Waals surface area contributed by atoms with Gasteiger partial charge in [-0.25, -0.2) is 0 Å². The van der Waals surface area contributed by atoms with E-state index in [1.54, 1.807) is 22.7 Å². The maximum absolute atomic E-state index is 8.55. The summed E-state index contributed by atoms with van der Waals surface area (Å²) in [5, 5.41) is 10.6. The van der Waals surface area contributed by atoms with Crippen molar-refractivity contribution in [1.29, 1.82) is 0 Å². The lowest BCUT2D eigenvalue weighted by Crippen LogP contribution is -1.70. The fourth-order valence-electron chi connectivity index (χ4n) is 1.08. The van der Waals surface area contributed by atoms with E-state index in [-0.39, 0.29) is 6.61 Å². The van der Waals surface area contributed by atoms with Gasteiger partial charge in [0.05, 0.1) is 4.88 Å². The second-order valence-electron chi connectivity index (χ2n) is 2.60. The third-order valence-corrected chi connectivity index (χ3v) is 3.73. The van der Waals surface area contributed by atoms with Crippen LogP contribution >= 0.6 is 22.7 Å². The van der Waals surface area contributed by atoms with Crippen LogP contribution in [0.15, 0.2) is 29.6 Å². The molecule has 2 heterocycles. The van der Waals surface area contributed by atoms with E-state index in [2.05, 4.69) is 29.4 Å². The van der Waals surface area contributed by atoms with E-state index < -0.39 is 0 Å². The smallest absolute Gasteiger partial charge is 0.104 e. The summed E-state index contributed by atoms with van der Waals surface area (Å²) in [6, 6.07) is 8.19. The SMILES string of the molecule is OCC#Cc1ccc(-c2cccs2)s1. The molecule has 0 aromatic carbocycles. The summed E-state index contributed by atoms with van der Waals surface area (Å²) in [6.45, 7) is -0.0771. The molecule has 0 fully saturated rings. The monoisotopic (exact) mass is 220 g/mol. The minimum Gasteiger partial charge on any atom is -0.384 e. The van der Waals surface area contributed by atoms with E-state index in [0.717, 1.165) is 4.88 Å². The van der Waals surface area contributed by atoms with Gasteiger partial charge in [-0.15, -0.1) is 22.7 Å². The summed E-state index contributed by atoms with van der Waals surface area (Å²) in [6.07, 6.45) is 0. The number of aliphatic hydroxyl groups is 1. The average Bonchev–Trinajstić information content (AvgIpc) is 2.85. The lowest BCUT2D eigenvalue weighted by atomic mass is 10.4. The predicted molar refractivity (Wildman–Crippen MR) is 61.6 cm³/mol. The van der Waals surface area contributed by atoms with Crippen molar-refractivity contribution in [3.63, 3.8) is 0 Å². The molecular weight excluding hydrogens is 212 g/mol. The highest BCUT2D eigenvalue weighted by molar-refractivity contribution is 7.21. The highest BCUT2D eigenvalue weighted by atomic mass is 32.1. The van der Waals surface area contributed by atoms with E-state index in [1.165, 1.54) is 9.75 Å². The van der Waals surface area contributed by atoms with Crippen LogP contribution in [0.25, 0.3) is 9.75 Å². The number of thiophene rings is 2. The zero-order valence-electron chi connectivity index (χ0n) is 7.36. The van der Waals surface area contributed by atoms with Crippen LogP contribution in [0.3, 0.4) is 0 Å². The zero-order valence-corrected chi connectivity index (χ0v) is 8.99. The van der Waals surface area contributed by atoms with Crippen molar-refractivity contribution < 1.29 is 5.11 Å². The van der Waals surface area contributed by atoms with Gasteiger partial charge < -0.3 is 5.11 Å². The fourth-order valence-corrected chi connectivity index (χ4v) is 2.80. The standard InChI is InChI=1S/C11H8OS2/c12-7-1-3-9-5-6-11(14-9)10-4-2-8-13-10/h2,4-6,8,12H,7H2. The first kappa shape index (κ1) is 9.47. The third kappa shape index (κ3) is 2.05. The minimum absolute atomic E-state index is 0.0771. The Morgan fingerprint density at radius 3 is 2.86 bits per heavy atom. The Morgan fingerprint density at radius 1 is 1.21 bits per heavy atom. The van der Waals surface area contributed by atoms with Crippen molar-refractivity contribution in [2.45, 2.75) is 0 Å². The van der Waals surface area contributed by atoms with Crippen LogP contribution in [0.4, 0.5) is 0 Å². The van der Waals surface area contributed by atoms with Crippen LogP contribution in [-0.4, -0.2) is 11.7 Å². The topological polar surface area (TPSA) is 20.2 Å². The molecule has 3 heteroatoms. The van der Waals surface area contributed by atoms with Gasteiger partial charge in [0, 0.05) is 9.75 Å². The molecule has 14 heavy (non-hydrogen) atoms. The Bertz CT molecular complexity index is 457. The minimum atomic E-state index is -0.0771. The Morgan fingerprint density at radius 2 is 2.14 bits per heavy atom. The number of hydrogen-bond donors (Lipinski definition) is 1. The zero-order chi connectivity index (χ0) is 9.80. The average molecular weight is 220 g/mol. The van der Waals surface area contributed by atoms with Crippen LogP contribution in [0, 0.1) is 11.8 Å². The lowest BCUT2D eigenvalue weighted by molar-refractivity contribution is 0.350. The van der Waals surface area contributed by atoms with Crippen molar-refractivity contribution in [2.75, 3.05) is 6.61 Å². The number of aliphatic hydroxyl groups excluding tert-OH is 1. The molecule has 0 aliphatic carbocycles. The van der Waals surface area contributed by atoms with Gasteiger partial charge in [0.2, 0.25) is 0 Å². The van der Waals surface area contributed by atoms with Gasteiger partial charge in [-0.2, -0.15) is 0 Å². The Kier molecular flexibility index (Phi) is 3.00. The van der Waals surface area contributed by atoms with Gasteiger partial charge in [-0.1, -0.05) is 17.9 Å². The number of hydrogen-bond acceptors (Lipinski definition) is 3. The largest absolute Gasteiger partial charge is 0.384 e. The molecule has 70 valence electrons. The second kappa shape index (κ2) is 4.43. The molecule has 0 unspecified atom stereocenters. The highest BCUT2D eigenvalue weighted by Gasteiger charge is 2.01. The van der Waals surface area contributed by atoms with Crippen molar-refractivity contribution >= 4 is 22.7 Å². The first-order chi connectivity index (χ1) is 6.90. The molecule has 0 saturated heterocycles. The van der Waals surface area contributed by atoms with Gasteiger partial charge in [0.25, 0.3) is 0 Å². The molecule has 0 aliphatic heterocycles. The van der Waals surface area contributed by atoms with E-state index >= 15 is 0 Å². The van der Waals surface area contributed by atoms with Crippen LogP contribution < -0.4 is 0 Å². The van der Waals surface area contributed by atoms with Crippen LogP contribution in [0.2, 0.25) is 0 Å². The number of rotatable bonds is 1. The van der Waals surface area contributed by atoms with Crippen molar-refractivity contribution in [2.24, 2.45) is 0 Å². The molecule has 0 atom stereocenters. The first-order valence-corrected chi connectivity index (χ1v) is 5.83. The van der Waals surface area contributed by atoms with Crippen LogP contribution in [0.5, 0.6) is 0 Å². The Labute approximate surface area is 90.7 Å². The molecule has 0 spiro atoms. The van der Waals surface area contributed by atoms with Crippen LogP contribution in [0.1, 0.15) is 4.88 Å². The molecule has 1 N–H and O–H groups in total. The summed E-state index contributed by atoms with van der Waals surface area (Å²) in [4.78, 5) is 3.51. The van der Waals surface area contributed by atoms with Crippen molar-refractivity contribution in [1.82, 2.24) is 0 Å². The predicted octanol–water partition coefficient (Wildman–Crippen LogP) is 2.82. The fraction of sp³-hybridized carbons (Fsp3) is 0.0909. The van der Waals surface area contributed by atoms with Crippen molar-refractivity contribution in [3.05, 3.63) is 34.5 Å². The van der Waals surface area contributed by atoms with Gasteiger partial charge >= 0.3 is 0 Å². The quantitative estimate of drug-likeness (QED) is 0.733. The van der Waals surface area contributed by atoms with Crippen molar-refractivity contribution in [3.8, 4) is 21.6 Å². The van der Waals surface area contributed by atoms with E-state index in [0.29, 0.717) is 0 Å². The molecule has 2 rings (SSSR count). The molecule has 0 saturated carbocycles. The summed E-state index contributed by atoms with van der Waals surface area (Å²) < 4.78 is 0. The summed E-state index contributed by atoms with van der Waals surface area (Å²) >= 11 is 3.38. The van der Waals surface area contributed by atoms with Gasteiger partial charge in [0.15, 0.2) is 0 Å². The Balaban J connectivity index is 2.26. The normalized spacial score (nSPS) is 9.50. The molecule has 2 aromatic rings. The summed E-state index contributed by atoms with van der Waals surface area (Å²) in [5.41, 5.74) is 0. The van der Waals surface area contributed by atoms with E-state index in [9.17, 15) is 0 Å². The van der Waals surface area contributed by atoms with E-state index in [4.69, 9.17) is 5.11 Å². The molecule has 0 radical (unpaired) electrons. The third-order valence-electron chi connectivity index (χ3n) is 1.66. The Hall–Kier alpha value is -1.08. The molecule has 0 amide bonds. The molecule has 2 aromatic heterocycles. The maximum atomic E-state index is 8.55. The first-order valence-electron chi connectivity index (χ1n) is 4.13. The lowest BCUT2D eigenvalue weighted by Gasteiger charge is -1.86. The van der Waals surface area contributed by atoms with Gasteiger partial charge in [-0.05, 0) is 23.6 Å². The highest BCUT2D eigenvalue weighted by Crippen LogP contribution is 2.30.